The molecule has 0 spiro atoms. The number of piperidine rings is 1. The fourth-order valence-corrected chi connectivity index (χ4v) is 4.00. The maximum atomic E-state index is 12.9. The number of aromatic amines is 1. The number of likely N-dealkylation sites (tertiary alicyclic amines) is 1. The summed E-state index contributed by atoms with van der Waals surface area (Å²) < 4.78 is 34.5. The molecule has 1 fully saturated rings. The molecule has 4 rings (SSSR count). The zero-order valence-corrected chi connectivity index (χ0v) is 16.0. The lowest BCUT2D eigenvalue weighted by molar-refractivity contribution is -0.0512. The summed E-state index contributed by atoms with van der Waals surface area (Å²) >= 11 is 0. The topological polar surface area (TPSA) is 54.6 Å². The number of hydrogen-bond acceptors (Lipinski definition) is 3. The number of aromatic nitrogens is 1. The van der Waals surface area contributed by atoms with Crippen molar-refractivity contribution in [1.82, 2.24) is 9.88 Å². The number of methoxy groups -OCH3 is 1. The summed E-state index contributed by atoms with van der Waals surface area (Å²) in [5, 5.41) is 1.23. The number of nitrogens with one attached hydrogen (secondary N) is 1. The highest BCUT2D eigenvalue weighted by Crippen LogP contribution is 2.34. The molecule has 0 atom stereocenters. The summed E-state index contributed by atoms with van der Waals surface area (Å²) in [4.78, 5) is 18.0. The maximum Gasteiger partial charge on any atom is 0.387 e. The Bertz CT molecular complexity index is 1010. The number of fused-ring (bicyclic) bond motifs is 1. The number of amides is 1. The number of hydrogen-bond donors (Lipinski definition) is 1. The van der Waals surface area contributed by atoms with E-state index in [4.69, 9.17) is 4.74 Å². The molecule has 0 unspecified atom stereocenters. The number of alkyl halides is 2. The zero-order valence-electron chi connectivity index (χ0n) is 16.0. The van der Waals surface area contributed by atoms with Gasteiger partial charge in [-0.05, 0) is 48.6 Å². The summed E-state index contributed by atoms with van der Waals surface area (Å²) in [6.07, 6.45) is 3.81. The van der Waals surface area contributed by atoms with Crippen LogP contribution in [-0.2, 0) is 0 Å². The SMILES string of the molecule is COc1cc(C(=O)N2CCC(c3c[nH]c4ccccc34)CC2)ccc1OC(F)F. The van der Waals surface area contributed by atoms with E-state index in [1.54, 1.807) is 4.90 Å². The molecule has 0 saturated carbocycles. The molecule has 0 aliphatic carbocycles. The highest BCUT2D eigenvalue weighted by molar-refractivity contribution is 5.95. The van der Waals surface area contributed by atoms with Crippen LogP contribution in [0.4, 0.5) is 8.78 Å². The third-order valence-electron chi connectivity index (χ3n) is 5.47. The van der Waals surface area contributed by atoms with Gasteiger partial charge in [0.2, 0.25) is 0 Å². The van der Waals surface area contributed by atoms with Gasteiger partial charge in [0.15, 0.2) is 11.5 Å². The standard InChI is InChI=1S/C22H22F2N2O3/c1-28-20-12-15(6-7-19(20)29-22(23)24)21(27)26-10-8-14(9-11-26)17-13-25-18-5-3-2-4-16(17)18/h2-7,12-14,22,25H,8-11H2,1H3. The van der Waals surface area contributed by atoms with Crippen molar-refractivity contribution in [2.75, 3.05) is 20.2 Å². The fraction of sp³-hybridized carbons (Fsp3) is 0.318. The van der Waals surface area contributed by atoms with Crippen LogP contribution in [-0.4, -0.2) is 42.6 Å². The molecule has 1 aliphatic rings. The number of rotatable bonds is 5. The Morgan fingerprint density at radius 2 is 1.90 bits per heavy atom. The molecule has 1 aromatic heterocycles. The number of para-hydroxylation sites is 1. The molecule has 2 heterocycles. The minimum atomic E-state index is -2.95. The van der Waals surface area contributed by atoms with Gasteiger partial charge in [-0.2, -0.15) is 8.78 Å². The highest BCUT2D eigenvalue weighted by Gasteiger charge is 2.26. The van der Waals surface area contributed by atoms with Crippen LogP contribution in [0.1, 0.15) is 34.7 Å². The molecule has 1 amide bonds. The number of ether oxygens (including phenoxy) is 2. The summed E-state index contributed by atoms with van der Waals surface area (Å²) in [5.41, 5.74) is 2.82. The van der Waals surface area contributed by atoms with Crippen LogP contribution in [0.3, 0.4) is 0 Å². The third kappa shape index (κ3) is 3.90. The second-order valence-electron chi connectivity index (χ2n) is 7.10. The van der Waals surface area contributed by atoms with Gasteiger partial charge in [0.1, 0.15) is 0 Å². The summed E-state index contributed by atoms with van der Waals surface area (Å²) in [5.74, 6) is 0.290. The molecular formula is C22H22F2N2O3. The van der Waals surface area contributed by atoms with E-state index < -0.39 is 6.61 Å². The monoisotopic (exact) mass is 400 g/mol. The molecule has 7 heteroatoms. The lowest BCUT2D eigenvalue weighted by Crippen LogP contribution is -2.37. The Morgan fingerprint density at radius 1 is 1.14 bits per heavy atom. The van der Waals surface area contributed by atoms with Gasteiger partial charge in [0, 0.05) is 35.8 Å². The number of halogens is 2. The largest absolute Gasteiger partial charge is 0.493 e. The fourth-order valence-electron chi connectivity index (χ4n) is 4.00. The van der Waals surface area contributed by atoms with E-state index in [1.165, 1.54) is 36.3 Å². The first kappa shape index (κ1) is 19.2. The Balaban J connectivity index is 1.45. The van der Waals surface area contributed by atoms with Crippen LogP contribution in [0.25, 0.3) is 10.9 Å². The van der Waals surface area contributed by atoms with E-state index >= 15 is 0 Å². The van der Waals surface area contributed by atoms with Gasteiger partial charge in [0.05, 0.1) is 7.11 Å². The normalized spacial score (nSPS) is 15.1. The van der Waals surface area contributed by atoms with Gasteiger partial charge >= 0.3 is 6.61 Å². The van der Waals surface area contributed by atoms with Crippen molar-refractivity contribution in [3.63, 3.8) is 0 Å². The van der Waals surface area contributed by atoms with Crippen LogP contribution >= 0.6 is 0 Å². The molecule has 2 aromatic carbocycles. The van der Waals surface area contributed by atoms with Crippen LogP contribution in [0.5, 0.6) is 11.5 Å². The number of benzene rings is 2. The second kappa shape index (κ2) is 8.11. The van der Waals surface area contributed by atoms with Crippen LogP contribution in [0.2, 0.25) is 0 Å². The minimum absolute atomic E-state index is 0.0860. The van der Waals surface area contributed by atoms with E-state index in [2.05, 4.69) is 28.1 Å². The van der Waals surface area contributed by atoms with Crippen LogP contribution < -0.4 is 9.47 Å². The summed E-state index contributed by atoms with van der Waals surface area (Å²) in [7, 11) is 1.36. The number of H-pyrrole nitrogens is 1. The van der Waals surface area contributed by atoms with Crippen molar-refractivity contribution in [1.29, 1.82) is 0 Å². The Hall–Kier alpha value is -3.09. The molecule has 0 bridgehead atoms. The molecule has 1 aliphatic heterocycles. The minimum Gasteiger partial charge on any atom is -0.493 e. The maximum absolute atomic E-state index is 12.9. The average Bonchev–Trinajstić information content (AvgIpc) is 3.17. The van der Waals surface area contributed by atoms with Crippen molar-refractivity contribution in [3.05, 3.63) is 59.8 Å². The van der Waals surface area contributed by atoms with E-state index in [0.29, 0.717) is 24.6 Å². The van der Waals surface area contributed by atoms with Crippen molar-refractivity contribution >= 4 is 16.8 Å². The quantitative estimate of drug-likeness (QED) is 0.670. The van der Waals surface area contributed by atoms with Gasteiger partial charge < -0.3 is 19.4 Å². The lowest BCUT2D eigenvalue weighted by Gasteiger charge is -2.32. The van der Waals surface area contributed by atoms with Crippen LogP contribution in [0, 0.1) is 0 Å². The second-order valence-corrected chi connectivity index (χ2v) is 7.10. The van der Waals surface area contributed by atoms with Gasteiger partial charge in [-0.25, -0.2) is 0 Å². The summed E-state index contributed by atoms with van der Waals surface area (Å²) in [6.45, 7) is -1.67. The Kier molecular flexibility index (Phi) is 5.38. The molecule has 0 radical (unpaired) electrons. The Labute approximate surface area is 167 Å². The summed E-state index contributed by atoms with van der Waals surface area (Å²) in [6, 6.07) is 12.5. The predicted octanol–water partition coefficient (Wildman–Crippen LogP) is 4.80. The van der Waals surface area contributed by atoms with Gasteiger partial charge in [-0.1, -0.05) is 18.2 Å². The molecule has 29 heavy (non-hydrogen) atoms. The van der Waals surface area contributed by atoms with Gasteiger partial charge in [0.25, 0.3) is 5.91 Å². The highest BCUT2D eigenvalue weighted by atomic mass is 19.3. The van der Waals surface area contributed by atoms with E-state index in [9.17, 15) is 13.6 Å². The van der Waals surface area contributed by atoms with Gasteiger partial charge in [-0.15, -0.1) is 0 Å². The Morgan fingerprint density at radius 3 is 2.62 bits per heavy atom. The molecule has 1 N–H and O–H groups in total. The predicted molar refractivity (Wildman–Crippen MR) is 106 cm³/mol. The van der Waals surface area contributed by atoms with Gasteiger partial charge in [-0.3, -0.25) is 4.79 Å². The third-order valence-corrected chi connectivity index (χ3v) is 5.47. The first-order valence-electron chi connectivity index (χ1n) is 9.55. The molecule has 1 saturated heterocycles. The zero-order chi connectivity index (χ0) is 20.4. The molecule has 5 nitrogen and oxygen atoms in total. The van der Waals surface area contributed by atoms with Crippen LogP contribution in [0.15, 0.2) is 48.7 Å². The van der Waals surface area contributed by atoms with Crippen molar-refractivity contribution in [2.45, 2.75) is 25.4 Å². The van der Waals surface area contributed by atoms with Crippen molar-refractivity contribution in [2.24, 2.45) is 0 Å². The first-order valence-corrected chi connectivity index (χ1v) is 9.55. The lowest BCUT2D eigenvalue weighted by atomic mass is 9.89. The smallest absolute Gasteiger partial charge is 0.387 e. The molecular weight excluding hydrogens is 378 g/mol. The van der Waals surface area contributed by atoms with E-state index in [1.807, 2.05) is 12.1 Å². The average molecular weight is 400 g/mol. The van der Waals surface area contributed by atoms with Crippen molar-refractivity contribution in [3.8, 4) is 11.5 Å². The molecule has 3 aromatic rings. The van der Waals surface area contributed by atoms with E-state index in [-0.39, 0.29) is 17.4 Å². The van der Waals surface area contributed by atoms with Crippen molar-refractivity contribution < 1.29 is 23.0 Å². The number of nitrogens with zero attached hydrogens (tertiary/aromatic N) is 1. The molecule has 152 valence electrons. The first-order chi connectivity index (χ1) is 14.1. The number of carbonyl (C=O) groups is 1. The number of carbonyl (C=O) groups excluding carboxylic acids is 1. The van der Waals surface area contributed by atoms with E-state index in [0.717, 1.165) is 18.4 Å².